The summed E-state index contributed by atoms with van der Waals surface area (Å²) in [7, 11) is -1.78. The van der Waals surface area contributed by atoms with E-state index in [9.17, 15) is 31.2 Å². The van der Waals surface area contributed by atoms with Crippen LogP contribution in [0.4, 0.5) is 24.5 Å². The van der Waals surface area contributed by atoms with E-state index in [-0.39, 0.29) is 22.0 Å². The summed E-state index contributed by atoms with van der Waals surface area (Å²) in [6.07, 6.45) is -0.0985. The Balaban J connectivity index is 1.67. The van der Waals surface area contributed by atoms with Gasteiger partial charge in [0.25, 0.3) is 5.91 Å². The van der Waals surface area contributed by atoms with Crippen LogP contribution in [0.5, 0.6) is 0 Å². The SMILES string of the molecule is CN(CCn1ccc(C(=O)Nc2ccc(S(C)(=O)=O)nc2)c1C=O)c1ccc(C(F)(F)F)cc1. The highest BCUT2D eigenvalue weighted by atomic mass is 32.2. The minimum atomic E-state index is -4.41. The number of nitrogens with zero attached hydrogens (tertiary/aromatic N) is 3. The Morgan fingerprint density at radius 2 is 1.82 bits per heavy atom. The zero-order chi connectivity index (χ0) is 25.1. The maximum Gasteiger partial charge on any atom is 0.416 e. The van der Waals surface area contributed by atoms with E-state index in [0.29, 0.717) is 25.1 Å². The summed E-state index contributed by atoms with van der Waals surface area (Å²) < 4.78 is 62.7. The minimum Gasteiger partial charge on any atom is -0.373 e. The van der Waals surface area contributed by atoms with Crippen molar-refractivity contribution < 1.29 is 31.2 Å². The molecule has 0 atom stereocenters. The number of aldehydes is 1. The van der Waals surface area contributed by atoms with E-state index in [4.69, 9.17) is 0 Å². The summed E-state index contributed by atoms with van der Waals surface area (Å²) in [4.78, 5) is 29.8. The number of rotatable bonds is 8. The van der Waals surface area contributed by atoms with Crippen LogP contribution in [-0.4, -0.2) is 50.0 Å². The number of amides is 1. The van der Waals surface area contributed by atoms with Crippen molar-refractivity contribution in [3.05, 3.63) is 71.7 Å². The first-order valence-corrected chi connectivity index (χ1v) is 11.8. The Morgan fingerprint density at radius 1 is 1.15 bits per heavy atom. The number of benzene rings is 1. The number of likely N-dealkylation sites (N-methyl/N-ethyl adjacent to an activating group) is 1. The summed E-state index contributed by atoms with van der Waals surface area (Å²) in [6.45, 7) is 0.655. The van der Waals surface area contributed by atoms with Crippen molar-refractivity contribution in [3.63, 3.8) is 0 Å². The summed E-state index contributed by atoms with van der Waals surface area (Å²) in [5, 5.41) is 2.43. The second kappa shape index (κ2) is 9.67. The van der Waals surface area contributed by atoms with E-state index < -0.39 is 27.5 Å². The molecule has 34 heavy (non-hydrogen) atoms. The molecule has 0 spiro atoms. The van der Waals surface area contributed by atoms with Gasteiger partial charge in [-0.25, -0.2) is 13.4 Å². The number of hydrogen-bond acceptors (Lipinski definition) is 6. The fourth-order valence-corrected chi connectivity index (χ4v) is 3.73. The van der Waals surface area contributed by atoms with Gasteiger partial charge in [-0.3, -0.25) is 9.59 Å². The third-order valence-electron chi connectivity index (χ3n) is 5.05. The zero-order valence-corrected chi connectivity index (χ0v) is 19.0. The monoisotopic (exact) mass is 494 g/mol. The average Bonchev–Trinajstić information content (AvgIpc) is 3.20. The molecule has 0 fully saturated rings. The van der Waals surface area contributed by atoms with Gasteiger partial charge in [0.2, 0.25) is 0 Å². The van der Waals surface area contributed by atoms with E-state index in [1.807, 2.05) is 0 Å². The molecule has 0 saturated carbocycles. The number of nitrogens with one attached hydrogen (secondary N) is 1. The quantitative estimate of drug-likeness (QED) is 0.481. The van der Waals surface area contributed by atoms with Crippen molar-refractivity contribution in [1.82, 2.24) is 9.55 Å². The molecule has 0 aliphatic rings. The number of alkyl halides is 3. The molecule has 1 N–H and O–H groups in total. The van der Waals surface area contributed by atoms with Crippen molar-refractivity contribution in [2.24, 2.45) is 0 Å². The van der Waals surface area contributed by atoms with Crippen LogP contribution < -0.4 is 10.2 Å². The highest BCUT2D eigenvalue weighted by Crippen LogP contribution is 2.30. The lowest BCUT2D eigenvalue weighted by molar-refractivity contribution is -0.137. The molecule has 3 rings (SSSR count). The zero-order valence-electron chi connectivity index (χ0n) is 18.2. The molecule has 1 amide bonds. The molecule has 1 aromatic carbocycles. The number of carbonyl (C=O) groups excluding carboxylic acids is 2. The van der Waals surface area contributed by atoms with Gasteiger partial charge in [0.15, 0.2) is 21.1 Å². The fourth-order valence-electron chi connectivity index (χ4n) is 3.17. The van der Waals surface area contributed by atoms with Crippen LogP contribution in [0.15, 0.2) is 59.9 Å². The second-order valence-electron chi connectivity index (χ2n) is 7.50. The lowest BCUT2D eigenvalue weighted by Crippen LogP contribution is -2.23. The number of aromatic nitrogens is 2. The van der Waals surface area contributed by atoms with Crippen LogP contribution in [0.2, 0.25) is 0 Å². The van der Waals surface area contributed by atoms with Gasteiger partial charge in [0.1, 0.15) is 0 Å². The van der Waals surface area contributed by atoms with E-state index in [0.717, 1.165) is 18.4 Å². The maximum atomic E-state index is 12.7. The van der Waals surface area contributed by atoms with Crippen LogP contribution in [-0.2, 0) is 22.6 Å². The molecule has 8 nitrogen and oxygen atoms in total. The van der Waals surface area contributed by atoms with Gasteiger partial charge < -0.3 is 14.8 Å². The van der Waals surface area contributed by atoms with Crippen molar-refractivity contribution in [1.29, 1.82) is 0 Å². The topological polar surface area (TPSA) is 101 Å². The molecule has 180 valence electrons. The van der Waals surface area contributed by atoms with Crippen LogP contribution in [0.25, 0.3) is 0 Å². The number of anilines is 2. The van der Waals surface area contributed by atoms with E-state index in [2.05, 4.69) is 10.3 Å². The molecule has 0 bridgehead atoms. The molecule has 12 heteroatoms. The molecule has 0 unspecified atom stereocenters. The summed E-state index contributed by atoms with van der Waals surface area (Å²) >= 11 is 0. The normalized spacial score (nSPS) is 11.8. The predicted molar refractivity (Wildman–Crippen MR) is 120 cm³/mol. The van der Waals surface area contributed by atoms with Gasteiger partial charge in [-0.05, 0) is 42.5 Å². The van der Waals surface area contributed by atoms with Crippen LogP contribution in [0.3, 0.4) is 0 Å². The predicted octanol–water partition coefficient (Wildman–Crippen LogP) is 3.51. The third kappa shape index (κ3) is 5.81. The maximum absolute atomic E-state index is 12.7. The Hall–Kier alpha value is -3.67. The summed E-state index contributed by atoms with van der Waals surface area (Å²) in [6, 6.07) is 8.83. The Bertz CT molecular complexity index is 1290. The van der Waals surface area contributed by atoms with Crippen LogP contribution in [0, 0.1) is 0 Å². The van der Waals surface area contributed by atoms with Crippen LogP contribution >= 0.6 is 0 Å². The lowest BCUT2D eigenvalue weighted by Gasteiger charge is -2.20. The Kier molecular flexibility index (Phi) is 7.10. The summed E-state index contributed by atoms with van der Waals surface area (Å²) in [5.74, 6) is -0.578. The molecular formula is C22H21F3N4O4S. The van der Waals surface area contributed by atoms with Gasteiger partial charge in [0.05, 0.1) is 28.7 Å². The molecule has 0 aliphatic carbocycles. The van der Waals surface area contributed by atoms with Crippen molar-refractivity contribution in [3.8, 4) is 0 Å². The van der Waals surface area contributed by atoms with Crippen molar-refractivity contribution in [2.45, 2.75) is 17.7 Å². The number of carbonyl (C=O) groups is 2. The van der Waals surface area contributed by atoms with Gasteiger partial charge in [0, 0.05) is 38.3 Å². The first-order valence-electron chi connectivity index (χ1n) is 9.90. The number of hydrogen-bond donors (Lipinski definition) is 1. The number of pyridine rings is 1. The average molecular weight is 494 g/mol. The standard InChI is InChI=1S/C22H21F3N4O4S/c1-28(17-6-3-15(4-7-17)22(23,24)25)11-12-29-10-9-18(19(29)14-30)21(31)27-16-5-8-20(26-13-16)34(2,32)33/h3-10,13-14H,11-12H2,1-2H3,(H,27,31). The fraction of sp³-hybridized carbons (Fsp3) is 0.227. The first kappa shape index (κ1) is 25.0. The third-order valence-corrected chi connectivity index (χ3v) is 6.05. The van der Waals surface area contributed by atoms with E-state index in [1.165, 1.54) is 36.5 Å². The highest BCUT2D eigenvalue weighted by Gasteiger charge is 2.30. The van der Waals surface area contributed by atoms with E-state index in [1.54, 1.807) is 22.7 Å². The minimum absolute atomic E-state index is 0.111. The smallest absolute Gasteiger partial charge is 0.373 e. The van der Waals surface area contributed by atoms with Crippen molar-refractivity contribution in [2.75, 3.05) is 30.1 Å². The van der Waals surface area contributed by atoms with Gasteiger partial charge in [-0.1, -0.05) is 0 Å². The second-order valence-corrected chi connectivity index (χ2v) is 9.47. The van der Waals surface area contributed by atoms with Crippen molar-refractivity contribution >= 4 is 33.4 Å². The number of sulfone groups is 1. The largest absolute Gasteiger partial charge is 0.416 e. The Morgan fingerprint density at radius 3 is 2.35 bits per heavy atom. The highest BCUT2D eigenvalue weighted by molar-refractivity contribution is 7.90. The van der Waals surface area contributed by atoms with Gasteiger partial charge in [-0.15, -0.1) is 0 Å². The molecular weight excluding hydrogens is 473 g/mol. The van der Waals surface area contributed by atoms with Gasteiger partial charge >= 0.3 is 6.18 Å². The molecule has 3 aromatic rings. The molecule has 0 aliphatic heterocycles. The molecule has 2 aromatic heterocycles. The van der Waals surface area contributed by atoms with E-state index >= 15 is 0 Å². The molecule has 2 heterocycles. The van der Waals surface area contributed by atoms with Crippen LogP contribution in [0.1, 0.15) is 26.4 Å². The molecule has 0 saturated heterocycles. The number of halogens is 3. The first-order chi connectivity index (χ1) is 15.9. The van der Waals surface area contributed by atoms with Gasteiger partial charge in [-0.2, -0.15) is 13.2 Å². The summed E-state index contributed by atoms with van der Waals surface area (Å²) in [5.41, 5.74) is 0.313. The lowest BCUT2D eigenvalue weighted by atomic mass is 10.2. The molecule has 0 radical (unpaired) electrons. The Labute approximate surface area is 193 Å².